The summed E-state index contributed by atoms with van der Waals surface area (Å²) in [4.78, 5) is 13.5. The standard InChI is InChI=1S/C24H29N5OS/c1-4-9-20-26-27-24-29(20)28-21(18-14-12-16(5-2)13-15-18)22(31-24)23(30)25-19-11-8-7-10-17(19)6-3/h7-8,10-15,21-22,28H,4-6,9H2,1-3H3,(H,25,30)/t21-,22-/m1/s1. The second kappa shape index (κ2) is 9.56. The minimum Gasteiger partial charge on any atom is -0.325 e. The predicted octanol–water partition coefficient (Wildman–Crippen LogP) is 4.75. The number of aryl methyl sites for hydroxylation is 3. The number of fused-ring (bicyclic) bond motifs is 1. The van der Waals surface area contributed by atoms with Gasteiger partial charge in [0.25, 0.3) is 0 Å². The molecule has 1 aliphatic rings. The van der Waals surface area contributed by atoms with Gasteiger partial charge in [-0.2, -0.15) is 0 Å². The molecule has 0 fully saturated rings. The molecule has 1 aliphatic heterocycles. The molecule has 2 N–H and O–H groups in total. The van der Waals surface area contributed by atoms with Gasteiger partial charge in [-0.25, -0.2) is 4.68 Å². The van der Waals surface area contributed by atoms with E-state index >= 15 is 0 Å². The molecule has 0 aliphatic carbocycles. The van der Waals surface area contributed by atoms with Crippen LogP contribution in [0.4, 0.5) is 5.69 Å². The number of nitrogens with zero attached hydrogens (tertiary/aromatic N) is 3. The number of carbonyl (C=O) groups excluding carboxylic acids is 1. The van der Waals surface area contributed by atoms with Gasteiger partial charge < -0.3 is 10.7 Å². The third-order valence-electron chi connectivity index (χ3n) is 5.64. The Kier molecular flexibility index (Phi) is 6.61. The van der Waals surface area contributed by atoms with E-state index in [1.807, 2.05) is 22.9 Å². The summed E-state index contributed by atoms with van der Waals surface area (Å²) in [6, 6.07) is 16.3. The van der Waals surface area contributed by atoms with Gasteiger partial charge >= 0.3 is 0 Å². The molecule has 7 heteroatoms. The van der Waals surface area contributed by atoms with Gasteiger partial charge in [-0.15, -0.1) is 10.2 Å². The molecular formula is C24H29N5OS. The van der Waals surface area contributed by atoms with Gasteiger partial charge in [0.05, 0.1) is 6.04 Å². The molecule has 0 radical (unpaired) electrons. The fourth-order valence-corrected chi connectivity index (χ4v) is 4.95. The molecule has 0 saturated heterocycles. The lowest BCUT2D eigenvalue weighted by molar-refractivity contribution is -0.116. The van der Waals surface area contributed by atoms with Crippen LogP contribution in [-0.2, 0) is 24.1 Å². The Morgan fingerprint density at radius 1 is 1.06 bits per heavy atom. The van der Waals surface area contributed by atoms with Crippen LogP contribution in [0.15, 0.2) is 53.7 Å². The van der Waals surface area contributed by atoms with Gasteiger partial charge in [0.15, 0.2) is 5.82 Å². The number of anilines is 1. The van der Waals surface area contributed by atoms with E-state index in [9.17, 15) is 4.79 Å². The summed E-state index contributed by atoms with van der Waals surface area (Å²) >= 11 is 1.47. The molecule has 0 unspecified atom stereocenters. The smallest absolute Gasteiger partial charge is 0.240 e. The Hall–Kier alpha value is -2.80. The van der Waals surface area contributed by atoms with Crippen molar-refractivity contribution in [2.24, 2.45) is 0 Å². The van der Waals surface area contributed by atoms with Crippen molar-refractivity contribution in [3.63, 3.8) is 0 Å². The van der Waals surface area contributed by atoms with Crippen molar-refractivity contribution in [3.05, 3.63) is 71.0 Å². The molecule has 31 heavy (non-hydrogen) atoms. The van der Waals surface area contributed by atoms with Crippen molar-refractivity contribution >= 4 is 23.4 Å². The number of aromatic nitrogens is 3. The summed E-state index contributed by atoms with van der Waals surface area (Å²) in [7, 11) is 0. The van der Waals surface area contributed by atoms with Crippen molar-refractivity contribution in [1.29, 1.82) is 0 Å². The summed E-state index contributed by atoms with van der Waals surface area (Å²) in [5, 5.41) is 12.2. The van der Waals surface area contributed by atoms with Crippen molar-refractivity contribution in [2.75, 3.05) is 10.7 Å². The summed E-state index contributed by atoms with van der Waals surface area (Å²) in [5.74, 6) is 0.865. The molecule has 0 spiro atoms. The number of amides is 1. The van der Waals surface area contributed by atoms with Crippen molar-refractivity contribution in [3.8, 4) is 0 Å². The monoisotopic (exact) mass is 435 g/mol. The zero-order valence-corrected chi connectivity index (χ0v) is 19.1. The highest BCUT2D eigenvalue weighted by Crippen LogP contribution is 2.38. The van der Waals surface area contributed by atoms with Crippen LogP contribution in [0.5, 0.6) is 0 Å². The van der Waals surface area contributed by atoms with E-state index in [1.165, 1.54) is 17.3 Å². The number of para-hydroxylation sites is 1. The Morgan fingerprint density at radius 3 is 2.55 bits per heavy atom. The first-order valence-corrected chi connectivity index (χ1v) is 11.9. The van der Waals surface area contributed by atoms with E-state index in [0.29, 0.717) is 0 Å². The van der Waals surface area contributed by atoms with Crippen LogP contribution >= 0.6 is 11.8 Å². The van der Waals surface area contributed by atoms with E-state index in [4.69, 9.17) is 0 Å². The Balaban J connectivity index is 1.67. The summed E-state index contributed by atoms with van der Waals surface area (Å²) in [5.41, 5.74) is 7.89. The van der Waals surface area contributed by atoms with Gasteiger partial charge in [0.1, 0.15) is 5.25 Å². The maximum Gasteiger partial charge on any atom is 0.240 e. The van der Waals surface area contributed by atoms with Gasteiger partial charge in [0.2, 0.25) is 11.1 Å². The van der Waals surface area contributed by atoms with E-state index in [1.54, 1.807) is 0 Å². The fraction of sp³-hybridized carbons (Fsp3) is 0.375. The lowest BCUT2D eigenvalue weighted by atomic mass is 10.0. The van der Waals surface area contributed by atoms with Crippen LogP contribution in [0, 0.1) is 0 Å². The second-order valence-corrected chi connectivity index (χ2v) is 8.83. The molecule has 162 valence electrons. The first-order chi connectivity index (χ1) is 15.1. The Bertz CT molecular complexity index is 1050. The molecule has 0 bridgehead atoms. The maximum absolute atomic E-state index is 13.5. The molecule has 1 aromatic heterocycles. The maximum atomic E-state index is 13.5. The normalized spacial score (nSPS) is 17.6. The number of hydrogen-bond acceptors (Lipinski definition) is 5. The topological polar surface area (TPSA) is 71.8 Å². The third kappa shape index (κ3) is 4.46. The van der Waals surface area contributed by atoms with Gasteiger partial charge in [-0.3, -0.25) is 4.79 Å². The number of carbonyl (C=O) groups is 1. The molecule has 0 saturated carbocycles. The first kappa shape index (κ1) is 21.4. The average Bonchev–Trinajstić information content (AvgIpc) is 3.20. The van der Waals surface area contributed by atoms with Crippen LogP contribution in [0.1, 0.15) is 55.7 Å². The number of rotatable bonds is 7. The van der Waals surface area contributed by atoms with E-state index in [0.717, 1.165) is 53.5 Å². The first-order valence-electron chi connectivity index (χ1n) is 11.0. The molecule has 2 atom stereocenters. The largest absolute Gasteiger partial charge is 0.325 e. The summed E-state index contributed by atoms with van der Waals surface area (Å²) < 4.78 is 1.95. The van der Waals surface area contributed by atoms with Crippen molar-refractivity contribution < 1.29 is 4.79 Å². The molecular weight excluding hydrogens is 406 g/mol. The summed E-state index contributed by atoms with van der Waals surface area (Å²) in [6.07, 6.45) is 3.67. The second-order valence-electron chi connectivity index (χ2n) is 7.72. The highest BCUT2D eigenvalue weighted by molar-refractivity contribution is 8.00. The minimum absolute atomic E-state index is 0.0331. The van der Waals surface area contributed by atoms with Crippen molar-refractivity contribution in [1.82, 2.24) is 14.9 Å². The van der Waals surface area contributed by atoms with Crippen LogP contribution in [0.3, 0.4) is 0 Å². The minimum atomic E-state index is -0.372. The number of nitrogens with one attached hydrogen (secondary N) is 2. The van der Waals surface area contributed by atoms with Gasteiger partial charge in [-0.05, 0) is 42.0 Å². The summed E-state index contributed by atoms with van der Waals surface area (Å²) in [6.45, 7) is 6.36. The molecule has 1 amide bonds. The van der Waals surface area contributed by atoms with E-state index < -0.39 is 0 Å². The SMILES string of the molecule is CCCc1nnc2n1N[C@H](c1ccc(CC)cc1)[C@H](C(=O)Nc1ccccc1CC)S2. The van der Waals surface area contributed by atoms with Gasteiger partial charge in [0, 0.05) is 12.1 Å². The number of thioether (sulfide) groups is 1. The van der Waals surface area contributed by atoms with Crippen LogP contribution in [0.25, 0.3) is 0 Å². The third-order valence-corrected chi connectivity index (χ3v) is 6.85. The molecule has 2 aromatic carbocycles. The van der Waals surface area contributed by atoms with Gasteiger partial charge in [-0.1, -0.05) is 75.0 Å². The molecule has 4 rings (SSSR count). The fourth-order valence-electron chi connectivity index (χ4n) is 3.85. The van der Waals surface area contributed by atoms with E-state index in [2.05, 4.69) is 72.0 Å². The predicted molar refractivity (Wildman–Crippen MR) is 126 cm³/mol. The van der Waals surface area contributed by atoms with Crippen LogP contribution in [0.2, 0.25) is 0 Å². The quantitative estimate of drug-likeness (QED) is 0.560. The number of benzene rings is 2. The lowest BCUT2D eigenvalue weighted by Crippen LogP contribution is -2.41. The molecule has 6 nitrogen and oxygen atoms in total. The highest BCUT2D eigenvalue weighted by atomic mass is 32.2. The lowest BCUT2D eigenvalue weighted by Gasteiger charge is -2.33. The highest BCUT2D eigenvalue weighted by Gasteiger charge is 2.37. The average molecular weight is 436 g/mol. The Morgan fingerprint density at radius 2 is 1.84 bits per heavy atom. The zero-order valence-electron chi connectivity index (χ0n) is 18.3. The van der Waals surface area contributed by atoms with E-state index in [-0.39, 0.29) is 17.2 Å². The van der Waals surface area contributed by atoms with Crippen LogP contribution in [-0.4, -0.2) is 26.0 Å². The molecule has 2 heterocycles. The van der Waals surface area contributed by atoms with Crippen LogP contribution < -0.4 is 10.7 Å². The number of hydrogen-bond donors (Lipinski definition) is 2. The molecule has 3 aromatic rings. The Labute approximate surface area is 187 Å². The van der Waals surface area contributed by atoms with Crippen molar-refractivity contribution in [2.45, 2.75) is 62.9 Å². The zero-order chi connectivity index (χ0) is 21.8.